The number of nitrogens with zero attached hydrogens (tertiary/aromatic N) is 1. The third kappa shape index (κ3) is 4.06. The van der Waals surface area contributed by atoms with Crippen molar-refractivity contribution in [2.75, 3.05) is 18.4 Å². The van der Waals surface area contributed by atoms with Crippen LogP contribution in [0.5, 0.6) is 0 Å². The second kappa shape index (κ2) is 7.48. The van der Waals surface area contributed by atoms with Gasteiger partial charge in [0.15, 0.2) is 0 Å². The second-order valence-electron chi connectivity index (χ2n) is 5.94. The van der Waals surface area contributed by atoms with Crippen LogP contribution in [0.1, 0.15) is 32.9 Å². The molecule has 25 heavy (non-hydrogen) atoms. The predicted molar refractivity (Wildman–Crippen MR) is 95.0 cm³/mol. The molecule has 1 saturated heterocycles. The maximum atomic E-state index is 12.7. The van der Waals surface area contributed by atoms with Crippen molar-refractivity contribution in [3.8, 4) is 0 Å². The number of aliphatic carboxylic acids is 1. The number of likely N-dealkylation sites (tertiary alicyclic amines) is 1. The molecule has 7 heteroatoms. The third-order valence-corrected chi connectivity index (χ3v) is 5.04. The molecule has 130 valence electrons. The number of piperidine rings is 1. The number of amides is 2. The van der Waals surface area contributed by atoms with Crippen molar-refractivity contribution in [2.45, 2.75) is 12.8 Å². The van der Waals surface area contributed by atoms with E-state index < -0.39 is 11.9 Å². The minimum atomic E-state index is -0.866. The first-order chi connectivity index (χ1) is 12.0. The molecule has 3 rings (SSSR count). The molecule has 1 unspecified atom stereocenters. The molecule has 1 fully saturated rings. The zero-order valence-electron chi connectivity index (χ0n) is 13.5. The van der Waals surface area contributed by atoms with Gasteiger partial charge >= 0.3 is 5.97 Å². The van der Waals surface area contributed by atoms with Crippen molar-refractivity contribution in [1.82, 2.24) is 4.90 Å². The lowest BCUT2D eigenvalue weighted by molar-refractivity contribution is -0.143. The lowest BCUT2D eigenvalue weighted by Gasteiger charge is -2.30. The molecular formula is C18H18N2O4S. The molecular weight excluding hydrogens is 340 g/mol. The van der Waals surface area contributed by atoms with Crippen LogP contribution in [-0.2, 0) is 4.79 Å². The van der Waals surface area contributed by atoms with Crippen LogP contribution >= 0.6 is 11.3 Å². The largest absolute Gasteiger partial charge is 0.481 e. The number of carboxylic acids is 1. The van der Waals surface area contributed by atoms with Gasteiger partial charge < -0.3 is 15.3 Å². The van der Waals surface area contributed by atoms with Crippen molar-refractivity contribution < 1.29 is 19.5 Å². The number of thiophene rings is 1. The summed E-state index contributed by atoms with van der Waals surface area (Å²) in [6.45, 7) is 0.772. The van der Waals surface area contributed by atoms with E-state index in [2.05, 4.69) is 5.32 Å². The molecule has 2 amide bonds. The van der Waals surface area contributed by atoms with Crippen LogP contribution in [-0.4, -0.2) is 40.9 Å². The highest BCUT2D eigenvalue weighted by Gasteiger charge is 2.28. The molecule has 1 aliphatic rings. The summed E-state index contributed by atoms with van der Waals surface area (Å²) < 4.78 is 0. The quantitative estimate of drug-likeness (QED) is 0.880. The zero-order chi connectivity index (χ0) is 17.8. The van der Waals surface area contributed by atoms with Crippen LogP contribution in [0.3, 0.4) is 0 Å². The lowest BCUT2D eigenvalue weighted by Crippen LogP contribution is -2.42. The molecule has 0 bridgehead atoms. The number of carboxylic acid groups (broad SMARTS) is 1. The van der Waals surface area contributed by atoms with E-state index in [1.165, 1.54) is 11.3 Å². The maximum absolute atomic E-state index is 12.7. The van der Waals surface area contributed by atoms with E-state index in [1.807, 2.05) is 5.38 Å². The van der Waals surface area contributed by atoms with Gasteiger partial charge in [-0.2, -0.15) is 0 Å². The second-order valence-corrected chi connectivity index (χ2v) is 6.89. The van der Waals surface area contributed by atoms with Crippen LogP contribution in [0.15, 0.2) is 41.8 Å². The van der Waals surface area contributed by atoms with E-state index in [-0.39, 0.29) is 18.4 Å². The molecule has 2 heterocycles. The minimum Gasteiger partial charge on any atom is -0.481 e. The number of carbonyl (C=O) groups excluding carboxylic acids is 2. The Balaban J connectivity index is 1.71. The van der Waals surface area contributed by atoms with Crippen LogP contribution in [0.2, 0.25) is 0 Å². The van der Waals surface area contributed by atoms with Crippen molar-refractivity contribution in [3.05, 3.63) is 52.2 Å². The van der Waals surface area contributed by atoms with Gasteiger partial charge in [-0.05, 0) is 42.5 Å². The summed E-state index contributed by atoms with van der Waals surface area (Å²) in [6.07, 6.45) is 1.27. The lowest BCUT2D eigenvalue weighted by atomic mass is 9.97. The fourth-order valence-corrected chi connectivity index (χ4v) is 3.50. The van der Waals surface area contributed by atoms with E-state index in [0.29, 0.717) is 35.5 Å². The van der Waals surface area contributed by atoms with Crippen molar-refractivity contribution in [2.24, 2.45) is 5.92 Å². The van der Waals surface area contributed by atoms with Crippen LogP contribution < -0.4 is 5.32 Å². The average molecular weight is 358 g/mol. The number of carbonyl (C=O) groups is 3. The zero-order valence-corrected chi connectivity index (χ0v) is 14.3. The molecule has 2 aromatic rings. The summed E-state index contributed by atoms with van der Waals surface area (Å²) >= 11 is 1.34. The fraction of sp³-hybridized carbons (Fsp3) is 0.278. The van der Waals surface area contributed by atoms with E-state index in [0.717, 1.165) is 0 Å². The summed E-state index contributed by atoms with van der Waals surface area (Å²) in [7, 11) is 0. The fourth-order valence-electron chi connectivity index (χ4n) is 2.88. The van der Waals surface area contributed by atoms with E-state index >= 15 is 0 Å². The number of hydrogen-bond donors (Lipinski definition) is 2. The Morgan fingerprint density at radius 1 is 1.20 bits per heavy atom. The van der Waals surface area contributed by atoms with Gasteiger partial charge in [0.25, 0.3) is 11.8 Å². The topological polar surface area (TPSA) is 86.7 Å². The SMILES string of the molecule is O=C(Nc1cccc(C(=O)N2CCCC(C(=O)O)C2)c1)c1cccs1. The van der Waals surface area contributed by atoms with Gasteiger partial charge in [0, 0.05) is 24.3 Å². The van der Waals surface area contributed by atoms with Gasteiger partial charge in [-0.3, -0.25) is 14.4 Å². The molecule has 0 spiro atoms. The highest BCUT2D eigenvalue weighted by Crippen LogP contribution is 2.21. The molecule has 0 aliphatic carbocycles. The first kappa shape index (κ1) is 17.2. The summed E-state index contributed by atoms with van der Waals surface area (Å²) in [5.41, 5.74) is 0.978. The molecule has 0 saturated carbocycles. The molecule has 1 aromatic heterocycles. The Kier molecular flexibility index (Phi) is 5.14. The number of benzene rings is 1. The molecule has 1 atom stereocenters. The van der Waals surface area contributed by atoms with Gasteiger partial charge in [0.2, 0.25) is 0 Å². The Hall–Kier alpha value is -2.67. The third-order valence-electron chi connectivity index (χ3n) is 4.17. The smallest absolute Gasteiger partial charge is 0.308 e. The number of rotatable bonds is 4. The molecule has 1 aromatic carbocycles. The summed E-state index contributed by atoms with van der Waals surface area (Å²) in [5.74, 6) is -1.81. The normalized spacial score (nSPS) is 17.1. The van der Waals surface area contributed by atoms with Gasteiger partial charge in [0.1, 0.15) is 0 Å². The Morgan fingerprint density at radius 3 is 2.76 bits per heavy atom. The van der Waals surface area contributed by atoms with Crippen LogP contribution in [0, 0.1) is 5.92 Å². The first-order valence-electron chi connectivity index (χ1n) is 8.01. The summed E-state index contributed by atoms with van der Waals surface area (Å²) in [5, 5.41) is 13.8. The Bertz CT molecular complexity index is 788. The van der Waals surface area contributed by atoms with Gasteiger partial charge in [0.05, 0.1) is 10.8 Å². The molecule has 0 radical (unpaired) electrons. The molecule has 1 aliphatic heterocycles. The highest BCUT2D eigenvalue weighted by atomic mass is 32.1. The monoisotopic (exact) mass is 358 g/mol. The Labute approximate surface area is 149 Å². The average Bonchev–Trinajstić information content (AvgIpc) is 3.16. The van der Waals surface area contributed by atoms with Gasteiger partial charge in [-0.15, -0.1) is 11.3 Å². The standard InChI is InChI=1S/C18H18N2O4S/c21-16(15-7-3-9-25-15)19-14-6-1-4-12(10-14)17(22)20-8-2-5-13(11-20)18(23)24/h1,3-4,6-7,9-10,13H,2,5,8,11H2,(H,19,21)(H,23,24). The van der Waals surface area contributed by atoms with Crippen molar-refractivity contribution in [3.63, 3.8) is 0 Å². The molecule has 2 N–H and O–H groups in total. The van der Waals surface area contributed by atoms with Gasteiger partial charge in [-0.25, -0.2) is 0 Å². The number of nitrogens with one attached hydrogen (secondary N) is 1. The summed E-state index contributed by atoms with van der Waals surface area (Å²) in [6, 6.07) is 10.3. The van der Waals surface area contributed by atoms with E-state index in [1.54, 1.807) is 41.3 Å². The minimum absolute atomic E-state index is 0.210. The van der Waals surface area contributed by atoms with E-state index in [4.69, 9.17) is 5.11 Å². The summed E-state index contributed by atoms with van der Waals surface area (Å²) in [4.78, 5) is 38.1. The Morgan fingerprint density at radius 2 is 2.04 bits per heavy atom. The first-order valence-corrected chi connectivity index (χ1v) is 8.89. The van der Waals surface area contributed by atoms with Crippen molar-refractivity contribution in [1.29, 1.82) is 0 Å². The number of hydrogen-bond acceptors (Lipinski definition) is 4. The molecule has 6 nitrogen and oxygen atoms in total. The van der Waals surface area contributed by atoms with Crippen LogP contribution in [0.4, 0.5) is 5.69 Å². The van der Waals surface area contributed by atoms with Crippen LogP contribution in [0.25, 0.3) is 0 Å². The van der Waals surface area contributed by atoms with Gasteiger partial charge in [-0.1, -0.05) is 12.1 Å². The highest BCUT2D eigenvalue weighted by molar-refractivity contribution is 7.12. The predicted octanol–water partition coefficient (Wildman–Crippen LogP) is 2.94. The number of anilines is 1. The maximum Gasteiger partial charge on any atom is 0.308 e. The van der Waals surface area contributed by atoms with E-state index in [9.17, 15) is 14.4 Å². The van der Waals surface area contributed by atoms with Crippen molar-refractivity contribution >= 4 is 34.8 Å².